The first-order chi connectivity index (χ1) is 10.7. The molecule has 0 unspecified atom stereocenters. The number of phenols is 1. The second kappa shape index (κ2) is 6.19. The van der Waals surface area contributed by atoms with Crippen LogP contribution in [0.3, 0.4) is 0 Å². The second-order valence-electron chi connectivity index (χ2n) is 4.73. The molecular weight excluding hydrogens is 340 g/mol. The van der Waals surface area contributed by atoms with Crippen molar-refractivity contribution >= 4 is 25.7 Å². The van der Waals surface area contributed by atoms with Gasteiger partial charge in [0.15, 0.2) is 0 Å². The number of sulfonamides is 2. The molecule has 0 heterocycles. The minimum Gasteiger partial charge on any atom is -0.508 e. The Hall–Kier alpha value is -2.10. The topological polar surface area (TPSA) is 113 Å². The standard InChI is InChI=1S/C14H16N2O5S2/c1-10-13(4-3-5-14(10)17)16-23(20,21)12-8-6-11(7-9-12)22(18,19)15-2/h3-9,15-17H,1-2H3. The Bertz CT molecular complexity index is 920. The zero-order valence-corrected chi connectivity index (χ0v) is 14.1. The van der Waals surface area contributed by atoms with Crippen LogP contribution in [0.1, 0.15) is 5.56 Å². The Balaban J connectivity index is 2.35. The first-order valence-electron chi connectivity index (χ1n) is 6.52. The largest absolute Gasteiger partial charge is 0.508 e. The SMILES string of the molecule is CNS(=O)(=O)c1ccc(S(=O)(=O)Nc2cccc(O)c2C)cc1. The van der Waals surface area contributed by atoms with E-state index in [-0.39, 0.29) is 21.2 Å². The quantitative estimate of drug-likeness (QED) is 0.750. The van der Waals surface area contributed by atoms with Crippen molar-refractivity contribution in [1.29, 1.82) is 0 Å². The molecule has 0 aliphatic carbocycles. The minimum atomic E-state index is -3.90. The molecule has 0 atom stereocenters. The summed E-state index contributed by atoms with van der Waals surface area (Å²) in [5.74, 6) is -0.0272. The number of aromatic hydroxyl groups is 1. The van der Waals surface area contributed by atoms with Crippen molar-refractivity contribution < 1.29 is 21.9 Å². The lowest BCUT2D eigenvalue weighted by molar-refractivity contribution is 0.471. The molecule has 2 rings (SSSR count). The van der Waals surface area contributed by atoms with Crippen molar-refractivity contribution in [1.82, 2.24) is 4.72 Å². The summed E-state index contributed by atoms with van der Waals surface area (Å²) < 4.78 is 52.4. The van der Waals surface area contributed by atoms with Crippen LogP contribution >= 0.6 is 0 Å². The molecule has 0 aromatic heterocycles. The highest BCUT2D eigenvalue weighted by Crippen LogP contribution is 2.26. The minimum absolute atomic E-state index is 0.0272. The highest BCUT2D eigenvalue weighted by Gasteiger charge is 2.18. The van der Waals surface area contributed by atoms with Crippen LogP contribution in [0, 0.1) is 6.92 Å². The Morgan fingerprint density at radius 2 is 1.39 bits per heavy atom. The molecule has 23 heavy (non-hydrogen) atoms. The molecular formula is C14H16N2O5S2. The molecule has 2 aromatic carbocycles. The van der Waals surface area contributed by atoms with Gasteiger partial charge in [0.05, 0.1) is 15.5 Å². The average molecular weight is 356 g/mol. The third-order valence-electron chi connectivity index (χ3n) is 3.26. The summed E-state index contributed by atoms with van der Waals surface area (Å²) in [4.78, 5) is -0.122. The number of anilines is 1. The van der Waals surface area contributed by atoms with Gasteiger partial charge in [-0.2, -0.15) is 0 Å². The fourth-order valence-corrected chi connectivity index (χ4v) is 3.71. The first kappa shape index (κ1) is 17.3. The van der Waals surface area contributed by atoms with Crippen LogP contribution in [0.5, 0.6) is 5.75 Å². The van der Waals surface area contributed by atoms with Gasteiger partial charge in [-0.15, -0.1) is 0 Å². The number of phenolic OH excluding ortho intramolecular Hbond substituents is 1. The molecule has 9 heteroatoms. The van der Waals surface area contributed by atoms with Crippen LogP contribution in [-0.2, 0) is 20.0 Å². The van der Waals surface area contributed by atoms with Crippen LogP contribution in [0.4, 0.5) is 5.69 Å². The lowest BCUT2D eigenvalue weighted by Crippen LogP contribution is -2.19. The molecule has 0 bridgehead atoms. The average Bonchev–Trinajstić information content (AvgIpc) is 2.52. The van der Waals surface area contributed by atoms with Crippen LogP contribution in [0.15, 0.2) is 52.3 Å². The molecule has 0 amide bonds. The molecule has 0 aliphatic heterocycles. The highest BCUT2D eigenvalue weighted by molar-refractivity contribution is 7.92. The summed E-state index contributed by atoms with van der Waals surface area (Å²) >= 11 is 0. The van der Waals surface area contributed by atoms with E-state index >= 15 is 0 Å². The monoisotopic (exact) mass is 356 g/mol. The predicted molar refractivity (Wildman–Crippen MR) is 86.3 cm³/mol. The lowest BCUT2D eigenvalue weighted by atomic mass is 10.2. The third kappa shape index (κ3) is 3.63. The number of nitrogens with one attached hydrogen (secondary N) is 2. The molecule has 7 nitrogen and oxygen atoms in total. The van der Waals surface area contributed by atoms with Gasteiger partial charge in [0.2, 0.25) is 10.0 Å². The van der Waals surface area contributed by atoms with E-state index in [9.17, 15) is 21.9 Å². The van der Waals surface area contributed by atoms with Gasteiger partial charge in [-0.05, 0) is 50.4 Å². The molecule has 124 valence electrons. The molecule has 0 saturated carbocycles. The number of benzene rings is 2. The lowest BCUT2D eigenvalue weighted by Gasteiger charge is -2.12. The summed E-state index contributed by atoms with van der Waals surface area (Å²) in [6.45, 7) is 1.58. The summed E-state index contributed by atoms with van der Waals surface area (Å²) in [5, 5.41) is 9.61. The predicted octanol–water partition coefficient (Wildman–Crippen LogP) is 1.41. The van der Waals surface area contributed by atoms with Crippen LogP contribution in [0.25, 0.3) is 0 Å². The van der Waals surface area contributed by atoms with Gasteiger partial charge in [0.1, 0.15) is 5.75 Å². The van der Waals surface area contributed by atoms with Crippen LogP contribution < -0.4 is 9.44 Å². The zero-order valence-electron chi connectivity index (χ0n) is 12.4. The van der Waals surface area contributed by atoms with E-state index in [0.29, 0.717) is 5.56 Å². The number of hydrogen-bond acceptors (Lipinski definition) is 5. The van der Waals surface area contributed by atoms with Crippen LogP contribution in [-0.4, -0.2) is 29.0 Å². The summed E-state index contributed by atoms with van der Waals surface area (Å²) in [7, 11) is -6.26. The van der Waals surface area contributed by atoms with E-state index in [2.05, 4.69) is 9.44 Å². The molecule has 0 aliphatic rings. The highest BCUT2D eigenvalue weighted by atomic mass is 32.2. The Morgan fingerprint density at radius 1 is 0.870 bits per heavy atom. The first-order valence-corrected chi connectivity index (χ1v) is 9.49. The maximum Gasteiger partial charge on any atom is 0.261 e. The Morgan fingerprint density at radius 3 is 1.91 bits per heavy atom. The Labute approximate surface area is 135 Å². The van der Waals surface area contributed by atoms with E-state index < -0.39 is 20.0 Å². The summed E-state index contributed by atoms with van der Waals surface area (Å²) in [5.41, 5.74) is 0.641. The van der Waals surface area contributed by atoms with Gasteiger partial charge < -0.3 is 5.11 Å². The number of rotatable bonds is 5. The molecule has 0 radical (unpaired) electrons. The maximum absolute atomic E-state index is 12.3. The third-order valence-corrected chi connectivity index (χ3v) is 6.07. The van der Waals surface area contributed by atoms with Crippen molar-refractivity contribution in [2.45, 2.75) is 16.7 Å². The second-order valence-corrected chi connectivity index (χ2v) is 8.30. The molecule has 2 aromatic rings. The van der Waals surface area contributed by atoms with Crippen molar-refractivity contribution in [3.8, 4) is 5.75 Å². The summed E-state index contributed by atoms with van der Waals surface area (Å²) in [6, 6.07) is 9.29. The molecule has 0 saturated heterocycles. The van der Waals surface area contributed by atoms with Crippen molar-refractivity contribution in [2.24, 2.45) is 0 Å². The van der Waals surface area contributed by atoms with Gasteiger partial charge in [0.25, 0.3) is 10.0 Å². The van der Waals surface area contributed by atoms with Gasteiger partial charge in [-0.25, -0.2) is 21.6 Å². The van der Waals surface area contributed by atoms with Crippen molar-refractivity contribution in [3.05, 3.63) is 48.0 Å². The van der Waals surface area contributed by atoms with Gasteiger partial charge in [0, 0.05) is 5.56 Å². The molecule has 3 N–H and O–H groups in total. The van der Waals surface area contributed by atoms with Gasteiger partial charge in [-0.3, -0.25) is 4.72 Å². The van der Waals surface area contributed by atoms with Gasteiger partial charge >= 0.3 is 0 Å². The fraction of sp³-hybridized carbons (Fsp3) is 0.143. The van der Waals surface area contributed by atoms with Crippen molar-refractivity contribution in [3.63, 3.8) is 0 Å². The zero-order chi connectivity index (χ0) is 17.3. The smallest absolute Gasteiger partial charge is 0.261 e. The summed E-state index contributed by atoms with van der Waals surface area (Å²) in [6.07, 6.45) is 0. The Kier molecular flexibility index (Phi) is 4.64. The van der Waals surface area contributed by atoms with E-state index in [1.54, 1.807) is 6.92 Å². The maximum atomic E-state index is 12.3. The number of hydrogen-bond donors (Lipinski definition) is 3. The normalized spacial score (nSPS) is 12.1. The van der Waals surface area contributed by atoms with E-state index in [1.165, 1.54) is 49.5 Å². The fourth-order valence-electron chi connectivity index (χ4n) is 1.85. The molecule has 0 fully saturated rings. The van der Waals surface area contributed by atoms with E-state index in [0.717, 1.165) is 0 Å². The van der Waals surface area contributed by atoms with Gasteiger partial charge in [-0.1, -0.05) is 6.07 Å². The van der Waals surface area contributed by atoms with E-state index in [1.807, 2.05) is 0 Å². The van der Waals surface area contributed by atoms with E-state index in [4.69, 9.17) is 0 Å². The molecule has 0 spiro atoms. The van der Waals surface area contributed by atoms with Crippen molar-refractivity contribution in [2.75, 3.05) is 11.8 Å². The van der Waals surface area contributed by atoms with Crippen LogP contribution in [0.2, 0.25) is 0 Å².